The molecular weight excluding hydrogens is 446 g/mol. The molecule has 3 aromatic carbocycles. The van der Waals surface area contributed by atoms with Crippen molar-refractivity contribution in [2.24, 2.45) is 0 Å². The number of pyridine rings is 1. The molecule has 1 aromatic heterocycles. The summed E-state index contributed by atoms with van der Waals surface area (Å²) >= 11 is 12.0. The molecule has 0 spiro atoms. The van der Waals surface area contributed by atoms with Crippen LogP contribution in [0.5, 0.6) is 0 Å². The summed E-state index contributed by atoms with van der Waals surface area (Å²) < 4.78 is 41.8. The van der Waals surface area contributed by atoms with Gasteiger partial charge < -0.3 is 0 Å². The van der Waals surface area contributed by atoms with Crippen LogP contribution >= 0.6 is 23.2 Å². The lowest BCUT2D eigenvalue weighted by molar-refractivity contribution is 0.596. The van der Waals surface area contributed by atoms with E-state index in [1.165, 1.54) is 48.7 Å². The Morgan fingerprint density at radius 1 is 0.967 bits per heavy atom. The number of benzene rings is 3. The van der Waals surface area contributed by atoms with Crippen molar-refractivity contribution in [3.05, 3.63) is 94.1 Å². The van der Waals surface area contributed by atoms with Crippen LogP contribution in [0.15, 0.2) is 76.7 Å². The Bertz CT molecular complexity index is 1440. The van der Waals surface area contributed by atoms with E-state index in [1.807, 2.05) is 0 Å². The molecule has 0 saturated carbocycles. The van der Waals surface area contributed by atoms with Gasteiger partial charge in [0.25, 0.3) is 0 Å². The maximum atomic E-state index is 14.8. The van der Waals surface area contributed by atoms with Crippen molar-refractivity contribution in [3.63, 3.8) is 0 Å². The van der Waals surface area contributed by atoms with Crippen molar-refractivity contribution < 1.29 is 12.8 Å². The van der Waals surface area contributed by atoms with Gasteiger partial charge in [-0.05, 0) is 41.8 Å². The lowest BCUT2D eigenvalue weighted by Crippen LogP contribution is -2.06. The first-order valence-corrected chi connectivity index (χ1v) is 10.8. The second-order valence-electron chi connectivity index (χ2n) is 6.40. The lowest BCUT2D eigenvalue weighted by atomic mass is 10.0. The maximum absolute atomic E-state index is 14.8. The number of rotatable bonds is 3. The van der Waals surface area contributed by atoms with Crippen LogP contribution in [0.4, 0.5) is 10.1 Å². The van der Waals surface area contributed by atoms with E-state index in [0.717, 1.165) is 0 Å². The quantitative estimate of drug-likeness (QED) is 0.321. The molecule has 148 valence electrons. The number of nitrogens with zero attached hydrogens (tertiary/aromatic N) is 2. The Morgan fingerprint density at radius 2 is 1.67 bits per heavy atom. The standard InChI is InChI=1S/C22H11Cl2FN2O2S/c1-26-15-6-7-20-18(11-15)22(17-4-2-3-5-19(17)25)21(12-27-20)30(28,29)16-9-13(23)8-14(24)10-16/h2-12H. The van der Waals surface area contributed by atoms with Gasteiger partial charge in [-0.25, -0.2) is 17.7 Å². The van der Waals surface area contributed by atoms with E-state index in [0.29, 0.717) is 10.9 Å². The minimum absolute atomic E-state index is 0.0822. The fourth-order valence-electron chi connectivity index (χ4n) is 3.19. The summed E-state index contributed by atoms with van der Waals surface area (Å²) in [5.74, 6) is -0.598. The van der Waals surface area contributed by atoms with Crippen LogP contribution < -0.4 is 0 Å². The molecule has 0 saturated heterocycles. The zero-order valence-electron chi connectivity index (χ0n) is 15.1. The van der Waals surface area contributed by atoms with Crippen LogP contribution in [0, 0.1) is 12.4 Å². The molecule has 0 N–H and O–H groups in total. The van der Waals surface area contributed by atoms with Gasteiger partial charge in [0.2, 0.25) is 9.84 Å². The fourth-order valence-corrected chi connectivity index (χ4v) is 5.34. The van der Waals surface area contributed by atoms with Gasteiger partial charge in [0.1, 0.15) is 5.82 Å². The van der Waals surface area contributed by atoms with Crippen molar-refractivity contribution in [3.8, 4) is 11.1 Å². The van der Waals surface area contributed by atoms with E-state index in [-0.39, 0.29) is 36.7 Å². The van der Waals surface area contributed by atoms with Crippen LogP contribution in [-0.4, -0.2) is 13.4 Å². The summed E-state index contributed by atoms with van der Waals surface area (Å²) in [5, 5.41) is 0.651. The molecule has 0 radical (unpaired) electrons. The van der Waals surface area contributed by atoms with Gasteiger partial charge in [0.05, 0.1) is 21.9 Å². The SMILES string of the molecule is [C-]#[N+]c1ccc2ncc(S(=O)(=O)c3cc(Cl)cc(Cl)c3)c(-c3ccccc3F)c2c1. The number of hydrogen-bond acceptors (Lipinski definition) is 3. The van der Waals surface area contributed by atoms with Crippen molar-refractivity contribution >= 4 is 49.6 Å². The Kier molecular flexibility index (Phi) is 5.20. The van der Waals surface area contributed by atoms with Gasteiger partial charge in [0, 0.05) is 27.4 Å². The molecule has 4 nitrogen and oxygen atoms in total. The molecule has 0 aliphatic rings. The van der Waals surface area contributed by atoms with Crippen LogP contribution in [-0.2, 0) is 9.84 Å². The monoisotopic (exact) mass is 456 g/mol. The van der Waals surface area contributed by atoms with Crippen molar-refractivity contribution in [1.29, 1.82) is 0 Å². The molecule has 4 rings (SSSR count). The van der Waals surface area contributed by atoms with E-state index in [4.69, 9.17) is 29.8 Å². The van der Waals surface area contributed by atoms with Gasteiger partial charge in [-0.1, -0.05) is 47.5 Å². The predicted octanol–water partition coefficient (Wildman–Crippen LogP) is 6.73. The van der Waals surface area contributed by atoms with E-state index in [2.05, 4.69) is 9.83 Å². The molecule has 0 bridgehead atoms. The van der Waals surface area contributed by atoms with Crippen LogP contribution in [0.2, 0.25) is 10.0 Å². The van der Waals surface area contributed by atoms with Crippen LogP contribution in [0.3, 0.4) is 0 Å². The van der Waals surface area contributed by atoms with Crippen molar-refractivity contribution in [1.82, 2.24) is 4.98 Å². The number of halogens is 3. The summed E-state index contributed by atoms with van der Waals surface area (Å²) in [7, 11) is -4.17. The smallest absolute Gasteiger partial charge is 0.208 e. The molecule has 30 heavy (non-hydrogen) atoms. The number of aromatic nitrogens is 1. The Hall–Kier alpha value is -2.98. The van der Waals surface area contributed by atoms with Crippen molar-refractivity contribution in [2.75, 3.05) is 0 Å². The molecule has 0 amide bonds. The largest absolute Gasteiger partial charge is 0.255 e. The molecule has 0 fully saturated rings. The second-order valence-corrected chi connectivity index (χ2v) is 9.19. The minimum Gasteiger partial charge on any atom is -0.255 e. The van der Waals surface area contributed by atoms with Gasteiger partial charge in [-0.3, -0.25) is 4.98 Å². The van der Waals surface area contributed by atoms with Gasteiger partial charge in [-0.2, -0.15) is 0 Å². The number of sulfone groups is 1. The molecular formula is C22H11Cl2FN2O2S. The predicted molar refractivity (Wildman–Crippen MR) is 115 cm³/mol. The zero-order valence-corrected chi connectivity index (χ0v) is 17.4. The van der Waals surface area contributed by atoms with Gasteiger partial charge in [0.15, 0.2) is 5.69 Å². The van der Waals surface area contributed by atoms with E-state index in [9.17, 15) is 12.8 Å². The van der Waals surface area contributed by atoms with Gasteiger partial charge >= 0.3 is 0 Å². The molecule has 8 heteroatoms. The first kappa shape index (κ1) is 20.3. The highest BCUT2D eigenvalue weighted by molar-refractivity contribution is 7.91. The lowest BCUT2D eigenvalue weighted by Gasteiger charge is -2.15. The third-order valence-corrected chi connectivity index (χ3v) is 6.71. The topological polar surface area (TPSA) is 51.4 Å². The normalized spacial score (nSPS) is 11.4. The summed E-state index contributed by atoms with van der Waals surface area (Å²) in [6.07, 6.45) is 1.19. The maximum Gasteiger partial charge on any atom is 0.208 e. The third-order valence-electron chi connectivity index (χ3n) is 4.52. The fraction of sp³-hybridized carbons (Fsp3) is 0. The summed E-state index contributed by atoms with van der Waals surface area (Å²) in [5.41, 5.74) is 0.921. The van der Waals surface area contributed by atoms with Crippen molar-refractivity contribution in [2.45, 2.75) is 9.79 Å². The molecule has 0 atom stereocenters. The van der Waals surface area contributed by atoms with E-state index >= 15 is 0 Å². The molecule has 0 aliphatic carbocycles. The molecule has 0 unspecified atom stereocenters. The third kappa shape index (κ3) is 3.52. The van der Waals surface area contributed by atoms with Gasteiger partial charge in [-0.15, -0.1) is 0 Å². The number of hydrogen-bond donors (Lipinski definition) is 0. The molecule has 1 heterocycles. The highest BCUT2D eigenvalue weighted by Crippen LogP contribution is 2.39. The Balaban J connectivity index is 2.14. The van der Waals surface area contributed by atoms with Crippen LogP contribution in [0.1, 0.15) is 0 Å². The highest BCUT2D eigenvalue weighted by atomic mass is 35.5. The summed E-state index contributed by atoms with van der Waals surface area (Å²) in [6, 6.07) is 14.5. The second kappa shape index (κ2) is 7.69. The average Bonchev–Trinajstić information content (AvgIpc) is 2.72. The average molecular weight is 457 g/mol. The Labute approximate surface area is 182 Å². The molecule has 0 aliphatic heterocycles. The number of fused-ring (bicyclic) bond motifs is 1. The van der Waals surface area contributed by atoms with E-state index in [1.54, 1.807) is 18.2 Å². The van der Waals surface area contributed by atoms with Crippen LogP contribution in [0.25, 0.3) is 26.9 Å². The first-order valence-electron chi connectivity index (χ1n) is 8.57. The summed E-state index contributed by atoms with van der Waals surface area (Å²) in [4.78, 5) is 7.29. The molecule has 4 aromatic rings. The van der Waals surface area contributed by atoms with E-state index < -0.39 is 15.7 Å². The highest BCUT2D eigenvalue weighted by Gasteiger charge is 2.26. The Morgan fingerprint density at radius 3 is 2.33 bits per heavy atom. The first-order chi connectivity index (χ1) is 14.3. The minimum atomic E-state index is -4.17. The summed E-state index contributed by atoms with van der Waals surface area (Å²) in [6.45, 7) is 7.28. The zero-order chi connectivity index (χ0) is 21.5.